The lowest BCUT2D eigenvalue weighted by Crippen LogP contribution is -2.50. The summed E-state index contributed by atoms with van der Waals surface area (Å²) in [7, 11) is 0. The third-order valence-electron chi connectivity index (χ3n) is 4.68. The molecule has 0 aliphatic carbocycles. The first kappa shape index (κ1) is 19.9. The van der Waals surface area contributed by atoms with Crippen molar-refractivity contribution in [2.45, 2.75) is 20.8 Å². The molecule has 0 saturated heterocycles. The molecule has 0 aromatic heterocycles. The normalized spacial score (nSPS) is 13.4. The molecule has 0 saturated carbocycles. The van der Waals surface area contributed by atoms with Gasteiger partial charge in [-0.05, 0) is 62.2 Å². The van der Waals surface area contributed by atoms with Crippen LogP contribution in [0.5, 0.6) is 0 Å². The van der Waals surface area contributed by atoms with Gasteiger partial charge in [0.05, 0.1) is 18.0 Å². The lowest BCUT2D eigenvalue weighted by molar-refractivity contribution is -0.142. The van der Waals surface area contributed by atoms with Crippen LogP contribution in [0.3, 0.4) is 0 Å². The van der Waals surface area contributed by atoms with Crippen LogP contribution in [-0.4, -0.2) is 37.5 Å². The van der Waals surface area contributed by atoms with E-state index in [2.05, 4.69) is 0 Å². The molecule has 6 nitrogen and oxygen atoms in total. The lowest BCUT2D eigenvalue weighted by Gasteiger charge is -2.36. The first-order valence-corrected chi connectivity index (χ1v) is 9.34. The van der Waals surface area contributed by atoms with Gasteiger partial charge < -0.3 is 4.74 Å². The molecule has 0 bridgehead atoms. The van der Waals surface area contributed by atoms with Gasteiger partial charge in [0.2, 0.25) is 5.91 Å². The number of carbonyl (C=O) groups is 3. The Morgan fingerprint density at radius 1 is 1.11 bits per heavy atom. The number of amides is 2. The summed E-state index contributed by atoms with van der Waals surface area (Å²) in [5.74, 6) is -1.16. The second-order valence-corrected chi connectivity index (χ2v) is 7.05. The van der Waals surface area contributed by atoms with Crippen LogP contribution in [0, 0.1) is 13.8 Å². The van der Waals surface area contributed by atoms with E-state index in [1.165, 1.54) is 9.80 Å². The van der Waals surface area contributed by atoms with E-state index in [1.54, 1.807) is 31.2 Å². The Bertz CT molecular complexity index is 957. The molecule has 0 atom stereocenters. The van der Waals surface area contributed by atoms with Gasteiger partial charge in [-0.15, -0.1) is 0 Å². The summed E-state index contributed by atoms with van der Waals surface area (Å²) >= 11 is 6.02. The molecule has 28 heavy (non-hydrogen) atoms. The fourth-order valence-electron chi connectivity index (χ4n) is 3.13. The zero-order valence-electron chi connectivity index (χ0n) is 16.0. The van der Waals surface area contributed by atoms with Crippen molar-refractivity contribution in [3.63, 3.8) is 0 Å². The maximum atomic E-state index is 13.1. The van der Waals surface area contributed by atoms with Gasteiger partial charge >= 0.3 is 5.97 Å². The van der Waals surface area contributed by atoms with Crippen LogP contribution < -0.4 is 9.80 Å². The van der Waals surface area contributed by atoms with Crippen molar-refractivity contribution in [3.8, 4) is 0 Å². The summed E-state index contributed by atoms with van der Waals surface area (Å²) in [5, 5.41) is 0.443. The first-order valence-electron chi connectivity index (χ1n) is 8.96. The van der Waals surface area contributed by atoms with E-state index in [4.69, 9.17) is 16.3 Å². The molecular weight excluding hydrogens is 380 g/mol. The predicted octanol–water partition coefficient (Wildman–Crippen LogP) is 3.51. The van der Waals surface area contributed by atoms with Crippen molar-refractivity contribution >= 4 is 40.8 Å². The maximum absolute atomic E-state index is 13.1. The molecule has 2 aromatic carbocycles. The third kappa shape index (κ3) is 3.87. The van der Waals surface area contributed by atoms with E-state index in [9.17, 15) is 14.4 Å². The number of halogens is 1. The molecule has 1 aliphatic rings. The first-order chi connectivity index (χ1) is 13.3. The zero-order chi connectivity index (χ0) is 20.4. The van der Waals surface area contributed by atoms with Gasteiger partial charge in [0.1, 0.15) is 13.1 Å². The second-order valence-electron chi connectivity index (χ2n) is 6.61. The highest BCUT2D eigenvalue weighted by molar-refractivity contribution is 6.31. The van der Waals surface area contributed by atoms with Crippen LogP contribution in [-0.2, 0) is 14.3 Å². The number of anilines is 2. The molecule has 2 amide bonds. The Morgan fingerprint density at radius 2 is 1.79 bits per heavy atom. The van der Waals surface area contributed by atoms with Crippen LogP contribution in [0.1, 0.15) is 28.4 Å². The molecule has 0 radical (unpaired) electrons. The lowest BCUT2D eigenvalue weighted by atomic mass is 10.0. The minimum atomic E-state index is -0.491. The number of esters is 1. The highest BCUT2D eigenvalue weighted by atomic mass is 35.5. The molecule has 0 fully saturated rings. The van der Waals surface area contributed by atoms with Crippen LogP contribution in [0.15, 0.2) is 36.4 Å². The summed E-state index contributed by atoms with van der Waals surface area (Å²) < 4.78 is 4.99. The molecule has 0 unspecified atom stereocenters. The van der Waals surface area contributed by atoms with Gasteiger partial charge in [-0.2, -0.15) is 0 Å². The molecule has 7 heteroatoms. The minimum Gasteiger partial charge on any atom is -0.465 e. The Morgan fingerprint density at radius 3 is 2.43 bits per heavy atom. The van der Waals surface area contributed by atoms with E-state index < -0.39 is 5.97 Å². The van der Waals surface area contributed by atoms with Crippen LogP contribution in [0.4, 0.5) is 11.4 Å². The standard InChI is InChI=1S/C21H21ClN2O4/c1-4-28-20(26)12-23-17-8-13(2)14(3)9-18(17)24(11-19(23)25)21(27)15-6-5-7-16(22)10-15/h5-10H,4,11-12H2,1-3H3. The molecule has 1 aliphatic heterocycles. The molecule has 146 valence electrons. The number of benzene rings is 2. The smallest absolute Gasteiger partial charge is 0.326 e. The molecule has 2 aromatic rings. The number of hydrogen-bond acceptors (Lipinski definition) is 4. The summed E-state index contributed by atoms with van der Waals surface area (Å²) in [5.41, 5.74) is 3.42. The maximum Gasteiger partial charge on any atom is 0.326 e. The minimum absolute atomic E-state index is 0.166. The molecule has 0 spiro atoms. The fourth-order valence-corrected chi connectivity index (χ4v) is 3.32. The van der Waals surface area contributed by atoms with Crippen molar-refractivity contribution in [3.05, 3.63) is 58.1 Å². The number of nitrogens with zero attached hydrogens (tertiary/aromatic N) is 2. The van der Waals surface area contributed by atoms with Crippen LogP contribution in [0.2, 0.25) is 5.02 Å². The Kier molecular flexibility index (Phi) is 5.70. The number of carbonyl (C=O) groups excluding carboxylic acids is 3. The number of rotatable bonds is 4. The molecule has 1 heterocycles. The topological polar surface area (TPSA) is 66.9 Å². The van der Waals surface area contributed by atoms with Crippen molar-refractivity contribution in [2.75, 3.05) is 29.5 Å². The average Bonchev–Trinajstić information content (AvgIpc) is 2.65. The second kappa shape index (κ2) is 8.02. The average molecular weight is 401 g/mol. The predicted molar refractivity (Wildman–Crippen MR) is 108 cm³/mol. The van der Waals surface area contributed by atoms with E-state index in [0.717, 1.165) is 11.1 Å². The van der Waals surface area contributed by atoms with Crippen molar-refractivity contribution in [2.24, 2.45) is 0 Å². The van der Waals surface area contributed by atoms with E-state index in [1.807, 2.05) is 26.0 Å². The number of aryl methyl sites for hydroxylation is 2. The number of ether oxygens (including phenoxy) is 1. The Balaban J connectivity index is 2.05. The Hall–Kier alpha value is -2.86. The van der Waals surface area contributed by atoms with E-state index >= 15 is 0 Å². The largest absolute Gasteiger partial charge is 0.465 e. The van der Waals surface area contributed by atoms with Gasteiger partial charge in [0, 0.05) is 10.6 Å². The zero-order valence-corrected chi connectivity index (χ0v) is 16.7. The van der Waals surface area contributed by atoms with Crippen LogP contribution >= 0.6 is 11.6 Å². The molecular formula is C21H21ClN2O4. The highest BCUT2D eigenvalue weighted by Crippen LogP contribution is 2.37. The monoisotopic (exact) mass is 400 g/mol. The summed E-state index contributed by atoms with van der Waals surface area (Å²) in [6.45, 7) is 5.44. The van der Waals surface area contributed by atoms with Crippen molar-refractivity contribution in [1.29, 1.82) is 0 Å². The third-order valence-corrected chi connectivity index (χ3v) is 4.91. The molecule has 0 N–H and O–H groups in total. The molecule has 3 rings (SSSR count). The van der Waals surface area contributed by atoms with Gasteiger partial charge in [-0.1, -0.05) is 17.7 Å². The van der Waals surface area contributed by atoms with Gasteiger partial charge in [-0.3, -0.25) is 24.2 Å². The van der Waals surface area contributed by atoms with Crippen molar-refractivity contribution < 1.29 is 19.1 Å². The highest BCUT2D eigenvalue weighted by Gasteiger charge is 2.34. The van der Waals surface area contributed by atoms with E-state index in [0.29, 0.717) is 22.0 Å². The number of hydrogen-bond donors (Lipinski definition) is 0. The summed E-state index contributed by atoms with van der Waals surface area (Å²) in [6, 6.07) is 10.3. The van der Waals surface area contributed by atoms with E-state index in [-0.39, 0.29) is 31.5 Å². The summed E-state index contributed by atoms with van der Waals surface area (Å²) in [6.07, 6.45) is 0. The van der Waals surface area contributed by atoms with Gasteiger partial charge in [-0.25, -0.2) is 0 Å². The Labute approximate surface area is 168 Å². The quantitative estimate of drug-likeness (QED) is 0.736. The van der Waals surface area contributed by atoms with Gasteiger partial charge in [0.25, 0.3) is 5.91 Å². The SMILES string of the molecule is CCOC(=O)CN1C(=O)CN(C(=O)c2cccc(Cl)c2)c2cc(C)c(C)cc21. The fraction of sp³-hybridized carbons (Fsp3) is 0.286. The van der Waals surface area contributed by atoms with Gasteiger partial charge in [0.15, 0.2) is 0 Å². The van der Waals surface area contributed by atoms with Crippen LogP contribution in [0.25, 0.3) is 0 Å². The number of fused-ring (bicyclic) bond motifs is 1. The van der Waals surface area contributed by atoms with Crippen molar-refractivity contribution in [1.82, 2.24) is 0 Å². The summed E-state index contributed by atoms with van der Waals surface area (Å²) in [4.78, 5) is 40.7.